The molecule has 1 rings (SSSR count). The van der Waals surface area contributed by atoms with Gasteiger partial charge in [-0.15, -0.1) is 0 Å². The molecule has 0 N–H and O–H groups in total. The lowest BCUT2D eigenvalue weighted by molar-refractivity contribution is -0.160. The molecule has 0 spiro atoms. The van der Waals surface area contributed by atoms with Crippen molar-refractivity contribution < 1.29 is 9.59 Å². The minimum atomic E-state index is 0.178. The molecule has 0 aromatic rings. The summed E-state index contributed by atoms with van der Waals surface area (Å²) >= 11 is 0. The third-order valence-electron chi connectivity index (χ3n) is 2.36. The van der Waals surface area contributed by atoms with E-state index in [2.05, 4.69) is 0 Å². The number of aldehydes is 1. The average molecular weight is 198 g/mol. The Bertz CT molecular complexity index is 216. The summed E-state index contributed by atoms with van der Waals surface area (Å²) in [6.45, 7) is 5.54. The third-order valence-corrected chi connectivity index (χ3v) is 2.36. The Morgan fingerprint density at radius 3 is 2.79 bits per heavy atom. The van der Waals surface area contributed by atoms with Gasteiger partial charge in [0.05, 0.1) is 0 Å². The van der Waals surface area contributed by atoms with Crippen molar-refractivity contribution in [1.29, 1.82) is 0 Å². The van der Waals surface area contributed by atoms with Crippen molar-refractivity contribution >= 4 is 12.2 Å². The number of hydrogen-bond donors (Lipinski definition) is 0. The van der Waals surface area contributed by atoms with Crippen LogP contribution in [0.5, 0.6) is 0 Å². The first kappa shape index (κ1) is 11.2. The maximum atomic E-state index is 11.6. The van der Waals surface area contributed by atoms with Gasteiger partial charge < -0.3 is 4.79 Å². The summed E-state index contributed by atoms with van der Waals surface area (Å²) in [5.74, 6) is 0.178. The summed E-state index contributed by atoms with van der Waals surface area (Å²) in [5.41, 5.74) is 0. The minimum Gasteiger partial charge on any atom is -0.303 e. The van der Waals surface area contributed by atoms with Crippen LogP contribution in [-0.4, -0.2) is 41.3 Å². The Hall–Kier alpha value is -0.900. The van der Waals surface area contributed by atoms with E-state index in [0.29, 0.717) is 19.4 Å². The minimum absolute atomic E-state index is 0.178. The molecule has 0 unspecified atom stereocenters. The summed E-state index contributed by atoms with van der Waals surface area (Å²) in [6, 6.07) is 0.189. The first-order valence-electron chi connectivity index (χ1n) is 5.17. The van der Waals surface area contributed by atoms with E-state index >= 15 is 0 Å². The van der Waals surface area contributed by atoms with Crippen LogP contribution in [0, 0.1) is 0 Å². The topological polar surface area (TPSA) is 40.6 Å². The van der Waals surface area contributed by atoms with Crippen LogP contribution in [0.4, 0.5) is 0 Å². The van der Waals surface area contributed by atoms with E-state index in [9.17, 15) is 9.59 Å². The fraction of sp³-hybridized carbons (Fsp3) is 0.800. The molecule has 1 fully saturated rings. The SMILES string of the molecule is CC(C)N1C(=O)CCCN1CCC=O. The van der Waals surface area contributed by atoms with Gasteiger partial charge in [0.25, 0.3) is 0 Å². The van der Waals surface area contributed by atoms with E-state index in [-0.39, 0.29) is 11.9 Å². The lowest BCUT2D eigenvalue weighted by Crippen LogP contribution is -2.53. The normalized spacial score (nSPS) is 19.1. The van der Waals surface area contributed by atoms with Gasteiger partial charge in [0.1, 0.15) is 6.29 Å². The van der Waals surface area contributed by atoms with Crippen LogP contribution in [0.15, 0.2) is 0 Å². The quantitative estimate of drug-likeness (QED) is 0.628. The van der Waals surface area contributed by atoms with Crippen molar-refractivity contribution in [3.63, 3.8) is 0 Å². The summed E-state index contributed by atoms with van der Waals surface area (Å²) in [7, 11) is 0. The van der Waals surface area contributed by atoms with Crippen molar-refractivity contribution in [3.05, 3.63) is 0 Å². The fourth-order valence-corrected chi connectivity index (χ4v) is 1.83. The molecule has 0 saturated carbocycles. The van der Waals surface area contributed by atoms with E-state index in [1.54, 1.807) is 5.01 Å². The number of carbonyl (C=O) groups is 2. The van der Waals surface area contributed by atoms with Gasteiger partial charge in [0, 0.05) is 32.0 Å². The molecule has 0 bridgehead atoms. The molecule has 0 aliphatic carbocycles. The van der Waals surface area contributed by atoms with Gasteiger partial charge in [-0.05, 0) is 20.3 Å². The van der Waals surface area contributed by atoms with Gasteiger partial charge in [-0.25, -0.2) is 5.01 Å². The lowest BCUT2D eigenvalue weighted by Gasteiger charge is -2.40. The molecule has 1 saturated heterocycles. The molecule has 80 valence electrons. The largest absolute Gasteiger partial charge is 0.303 e. The van der Waals surface area contributed by atoms with E-state index in [0.717, 1.165) is 19.3 Å². The van der Waals surface area contributed by atoms with Crippen LogP contribution in [0.25, 0.3) is 0 Å². The maximum Gasteiger partial charge on any atom is 0.237 e. The van der Waals surface area contributed by atoms with Gasteiger partial charge in [-0.1, -0.05) is 0 Å². The first-order valence-corrected chi connectivity index (χ1v) is 5.17. The Kier molecular flexibility index (Phi) is 4.07. The zero-order valence-corrected chi connectivity index (χ0v) is 8.90. The summed E-state index contributed by atoms with van der Waals surface area (Å²) < 4.78 is 0. The Labute approximate surface area is 84.8 Å². The van der Waals surface area contributed by atoms with Crippen molar-refractivity contribution in [2.24, 2.45) is 0 Å². The summed E-state index contributed by atoms with van der Waals surface area (Å²) in [6.07, 6.45) is 2.94. The molecule has 0 radical (unpaired) electrons. The van der Waals surface area contributed by atoms with Crippen LogP contribution in [0.1, 0.15) is 33.1 Å². The number of rotatable bonds is 4. The first-order chi connectivity index (χ1) is 6.66. The number of hydrazine groups is 1. The highest BCUT2D eigenvalue weighted by Gasteiger charge is 2.27. The highest BCUT2D eigenvalue weighted by atomic mass is 16.2. The summed E-state index contributed by atoms with van der Waals surface area (Å²) in [4.78, 5) is 21.9. The molecular weight excluding hydrogens is 180 g/mol. The molecule has 4 heteroatoms. The zero-order chi connectivity index (χ0) is 10.6. The zero-order valence-electron chi connectivity index (χ0n) is 8.90. The molecule has 0 aromatic heterocycles. The fourth-order valence-electron chi connectivity index (χ4n) is 1.83. The van der Waals surface area contributed by atoms with Crippen LogP contribution in [0.3, 0.4) is 0 Å². The Morgan fingerprint density at radius 1 is 1.50 bits per heavy atom. The standard InChI is InChI=1S/C10H18N2O2/c1-9(2)12-10(14)5-3-6-11(12)7-4-8-13/h8-9H,3-7H2,1-2H3. The Morgan fingerprint density at radius 2 is 2.21 bits per heavy atom. The second-order valence-corrected chi connectivity index (χ2v) is 3.84. The molecule has 4 nitrogen and oxygen atoms in total. The van der Waals surface area contributed by atoms with Gasteiger partial charge in [-0.3, -0.25) is 9.80 Å². The monoisotopic (exact) mass is 198 g/mol. The highest BCUT2D eigenvalue weighted by molar-refractivity contribution is 5.76. The number of nitrogens with zero attached hydrogens (tertiary/aromatic N) is 2. The molecule has 1 amide bonds. The average Bonchev–Trinajstić information content (AvgIpc) is 2.14. The molecule has 14 heavy (non-hydrogen) atoms. The van der Waals surface area contributed by atoms with Crippen LogP contribution < -0.4 is 0 Å². The van der Waals surface area contributed by atoms with Crippen LogP contribution >= 0.6 is 0 Å². The van der Waals surface area contributed by atoms with Gasteiger partial charge in [0.15, 0.2) is 0 Å². The third kappa shape index (κ3) is 2.54. The van der Waals surface area contributed by atoms with Crippen LogP contribution in [0.2, 0.25) is 0 Å². The number of carbonyl (C=O) groups excluding carboxylic acids is 2. The summed E-state index contributed by atoms with van der Waals surface area (Å²) in [5, 5.41) is 3.78. The molecule has 1 aliphatic rings. The predicted octanol–water partition coefficient (Wildman–Crippen LogP) is 0.823. The predicted molar refractivity (Wildman–Crippen MR) is 53.5 cm³/mol. The number of hydrogen-bond acceptors (Lipinski definition) is 3. The molecule has 1 heterocycles. The van der Waals surface area contributed by atoms with E-state index < -0.39 is 0 Å². The van der Waals surface area contributed by atoms with E-state index in [1.165, 1.54) is 0 Å². The Balaban J connectivity index is 2.59. The smallest absolute Gasteiger partial charge is 0.237 e. The van der Waals surface area contributed by atoms with Crippen molar-refractivity contribution in [2.75, 3.05) is 13.1 Å². The lowest BCUT2D eigenvalue weighted by atomic mass is 10.2. The highest BCUT2D eigenvalue weighted by Crippen LogP contribution is 2.15. The number of amides is 1. The molecule has 0 atom stereocenters. The second-order valence-electron chi connectivity index (χ2n) is 3.84. The maximum absolute atomic E-state index is 11.6. The van der Waals surface area contributed by atoms with Crippen LogP contribution in [-0.2, 0) is 9.59 Å². The van der Waals surface area contributed by atoms with Crippen molar-refractivity contribution in [1.82, 2.24) is 10.0 Å². The van der Waals surface area contributed by atoms with Gasteiger partial charge in [0.2, 0.25) is 5.91 Å². The van der Waals surface area contributed by atoms with Gasteiger partial charge >= 0.3 is 0 Å². The molecular formula is C10H18N2O2. The van der Waals surface area contributed by atoms with Crippen molar-refractivity contribution in [3.8, 4) is 0 Å². The van der Waals surface area contributed by atoms with E-state index in [1.807, 2.05) is 18.9 Å². The van der Waals surface area contributed by atoms with E-state index in [4.69, 9.17) is 0 Å². The van der Waals surface area contributed by atoms with Gasteiger partial charge in [-0.2, -0.15) is 0 Å². The molecule has 1 aliphatic heterocycles. The molecule has 0 aromatic carbocycles. The van der Waals surface area contributed by atoms with Crippen molar-refractivity contribution in [2.45, 2.75) is 39.2 Å². The second kappa shape index (κ2) is 5.10.